The second kappa shape index (κ2) is 9.25. The molecule has 1 aliphatic carbocycles. The average Bonchev–Trinajstić information content (AvgIpc) is 3.21. The van der Waals surface area contributed by atoms with Crippen molar-refractivity contribution in [2.45, 2.75) is 57.8 Å². The van der Waals surface area contributed by atoms with Crippen molar-refractivity contribution in [1.82, 2.24) is 14.9 Å². The Morgan fingerprint density at radius 1 is 1.06 bits per heavy atom. The highest BCUT2D eigenvalue weighted by Crippen LogP contribution is 2.32. The van der Waals surface area contributed by atoms with Crippen LogP contribution in [-0.4, -0.2) is 27.4 Å². The first kappa shape index (κ1) is 22.8. The van der Waals surface area contributed by atoms with Gasteiger partial charge in [-0.2, -0.15) is 13.2 Å². The van der Waals surface area contributed by atoms with Gasteiger partial charge in [-0.1, -0.05) is 31.4 Å². The maximum absolute atomic E-state index is 13.4. The number of hydrogen-bond donors (Lipinski definition) is 2. The van der Waals surface area contributed by atoms with E-state index in [0.29, 0.717) is 17.6 Å². The van der Waals surface area contributed by atoms with Crippen LogP contribution < -0.4 is 10.6 Å². The van der Waals surface area contributed by atoms with Crippen molar-refractivity contribution in [3.8, 4) is 0 Å². The highest BCUT2D eigenvalue weighted by molar-refractivity contribution is 6.10. The molecular formula is C24H25F3N4O2. The topological polar surface area (TPSA) is 76.0 Å². The molecular weight excluding hydrogens is 433 g/mol. The number of anilines is 1. The minimum atomic E-state index is -4.66. The van der Waals surface area contributed by atoms with Crippen LogP contribution >= 0.6 is 0 Å². The van der Waals surface area contributed by atoms with E-state index in [9.17, 15) is 22.8 Å². The molecule has 6 nitrogen and oxygen atoms in total. The van der Waals surface area contributed by atoms with Crippen molar-refractivity contribution in [2.75, 3.05) is 5.32 Å². The van der Waals surface area contributed by atoms with Crippen LogP contribution in [0.25, 0.3) is 11.0 Å². The summed E-state index contributed by atoms with van der Waals surface area (Å²) in [6.45, 7) is 2.49. The number of imidazole rings is 1. The number of halogens is 3. The summed E-state index contributed by atoms with van der Waals surface area (Å²) in [4.78, 5) is 30.2. The van der Waals surface area contributed by atoms with E-state index in [4.69, 9.17) is 0 Å². The van der Waals surface area contributed by atoms with Gasteiger partial charge in [-0.15, -0.1) is 0 Å². The molecule has 0 radical (unpaired) electrons. The Morgan fingerprint density at radius 2 is 1.79 bits per heavy atom. The third-order valence-corrected chi connectivity index (χ3v) is 5.99. The van der Waals surface area contributed by atoms with Gasteiger partial charge in [0.2, 0.25) is 0 Å². The van der Waals surface area contributed by atoms with Gasteiger partial charge in [0.25, 0.3) is 11.8 Å². The van der Waals surface area contributed by atoms with Gasteiger partial charge in [-0.05, 0) is 44.0 Å². The van der Waals surface area contributed by atoms with Crippen LogP contribution in [0.4, 0.5) is 18.9 Å². The van der Waals surface area contributed by atoms with Gasteiger partial charge in [0.15, 0.2) is 0 Å². The number of aryl methyl sites for hydroxylation is 1. The number of aromatic nitrogens is 2. The maximum atomic E-state index is 13.4. The number of amides is 2. The number of carbonyl (C=O) groups excluding carboxylic acids is 2. The average molecular weight is 458 g/mol. The number of fused-ring (bicyclic) bond motifs is 1. The summed E-state index contributed by atoms with van der Waals surface area (Å²) in [7, 11) is 0. The zero-order valence-electron chi connectivity index (χ0n) is 18.2. The molecule has 0 spiro atoms. The summed E-state index contributed by atoms with van der Waals surface area (Å²) in [5.41, 5.74) is 0.116. The molecule has 2 amide bonds. The minimum Gasteiger partial charge on any atom is -0.349 e. The molecule has 1 fully saturated rings. The summed E-state index contributed by atoms with van der Waals surface area (Å²) >= 11 is 0. The molecule has 2 N–H and O–H groups in total. The third-order valence-electron chi connectivity index (χ3n) is 5.99. The number of alkyl halides is 3. The Bertz CT molecular complexity index is 1180. The molecule has 0 bridgehead atoms. The Hall–Kier alpha value is -3.36. The van der Waals surface area contributed by atoms with Crippen LogP contribution in [0.15, 0.2) is 42.7 Å². The first-order chi connectivity index (χ1) is 15.8. The predicted octanol–water partition coefficient (Wildman–Crippen LogP) is 5.39. The van der Waals surface area contributed by atoms with Crippen LogP contribution in [0.5, 0.6) is 0 Å². The number of benzene rings is 2. The van der Waals surface area contributed by atoms with Gasteiger partial charge in [0, 0.05) is 18.3 Å². The molecule has 1 aliphatic rings. The van der Waals surface area contributed by atoms with E-state index >= 15 is 0 Å². The van der Waals surface area contributed by atoms with E-state index < -0.39 is 23.2 Å². The molecule has 33 heavy (non-hydrogen) atoms. The van der Waals surface area contributed by atoms with Crippen molar-refractivity contribution >= 4 is 28.5 Å². The SMILES string of the molecule is CCn1cnc2c(C(=O)NC3CCCCC3)cc(NC(=O)c3ccccc3C(F)(F)F)cc21. The second-order valence-electron chi connectivity index (χ2n) is 8.23. The number of carbonyl (C=O) groups is 2. The lowest BCUT2D eigenvalue weighted by atomic mass is 9.95. The Morgan fingerprint density at radius 3 is 2.48 bits per heavy atom. The van der Waals surface area contributed by atoms with E-state index in [1.54, 1.807) is 12.4 Å². The van der Waals surface area contributed by atoms with Crippen molar-refractivity contribution in [2.24, 2.45) is 0 Å². The zero-order chi connectivity index (χ0) is 23.6. The van der Waals surface area contributed by atoms with Crippen LogP contribution in [0.2, 0.25) is 0 Å². The second-order valence-corrected chi connectivity index (χ2v) is 8.23. The minimum absolute atomic E-state index is 0.0754. The van der Waals surface area contributed by atoms with E-state index in [-0.39, 0.29) is 23.2 Å². The fourth-order valence-electron chi connectivity index (χ4n) is 4.30. The molecule has 1 aromatic heterocycles. The molecule has 1 heterocycles. The molecule has 9 heteroatoms. The Balaban J connectivity index is 1.68. The number of rotatable bonds is 5. The summed E-state index contributed by atoms with van der Waals surface area (Å²) in [6, 6.07) is 7.78. The Kier molecular flexibility index (Phi) is 6.40. The smallest absolute Gasteiger partial charge is 0.349 e. The van der Waals surface area contributed by atoms with Gasteiger partial charge in [-0.25, -0.2) is 4.98 Å². The van der Waals surface area contributed by atoms with Crippen LogP contribution in [-0.2, 0) is 12.7 Å². The van der Waals surface area contributed by atoms with Gasteiger partial charge in [0.05, 0.1) is 28.5 Å². The van der Waals surface area contributed by atoms with Crippen LogP contribution in [0.3, 0.4) is 0 Å². The molecule has 0 saturated heterocycles. The summed E-state index contributed by atoms with van der Waals surface area (Å²) in [5, 5.41) is 5.59. The van der Waals surface area contributed by atoms with Crippen molar-refractivity contribution in [1.29, 1.82) is 0 Å². The Labute approximate surface area is 189 Å². The fraction of sp³-hybridized carbons (Fsp3) is 0.375. The first-order valence-corrected chi connectivity index (χ1v) is 11.0. The lowest BCUT2D eigenvalue weighted by molar-refractivity contribution is -0.137. The molecule has 0 atom stereocenters. The van der Waals surface area contributed by atoms with Gasteiger partial charge < -0.3 is 15.2 Å². The standard InChI is InChI=1S/C24H25F3N4O2/c1-2-31-14-28-21-18(23(33)29-15-8-4-3-5-9-15)12-16(13-20(21)31)30-22(32)17-10-6-7-11-19(17)24(25,26)27/h6-7,10-15H,2-5,8-9H2,1H3,(H,29,33)(H,30,32). The van der Waals surface area contributed by atoms with Crippen molar-refractivity contribution in [3.05, 3.63) is 59.4 Å². The van der Waals surface area contributed by atoms with E-state index in [0.717, 1.165) is 44.2 Å². The van der Waals surface area contributed by atoms with E-state index in [1.165, 1.54) is 18.2 Å². The normalized spacial score (nSPS) is 14.9. The number of hydrogen-bond acceptors (Lipinski definition) is 3. The van der Waals surface area contributed by atoms with Crippen molar-refractivity contribution in [3.63, 3.8) is 0 Å². The lowest BCUT2D eigenvalue weighted by Crippen LogP contribution is -2.36. The monoisotopic (exact) mass is 458 g/mol. The maximum Gasteiger partial charge on any atom is 0.417 e. The molecule has 0 unspecified atom stereocenters. The zero-order valence-corrected chi connectivity index (χ0v) is 18.2. The quantitative estimate of drug-likeness (QED) is 0.538. The summed E-state index contributed by atoms with van der Waals surface area (Å²) < 4.78 is 41.9. The van der Waals surface area contributed by atoms with E-state index in [1.807, 2.05) is 11.5 Å². The molecule has 174 valence electrons. The third kappa shape index (κ3) is 4.86. The number of nitrogens with zero attached hydrogens (tertiary/aromatic N) is 2. The highest BCUT2D eigenvalue weighted by Gasteiger charge is 2.35. The summed E-state index contributed by atoms with van der Waals surface area (Å²) in [5.74, 6) is -1.21. The largest absolute Gasteiger partial charge is 0.417 e. The van der Waals surface area contributed by atoms with Crippen LogP contribution in [0, 0.1) is 0 Å². The molecule has 2 aromatic carbocycles. The predicted molar refractivity (Wildman–Crippen MR) is 119 cm³/mol. The lowest BCUT2D eigenvalue weighted by Gasteiger charge is -2.23. The molecule has 3 aromatic rings. The first-order valence-electron chi connectivity index (χ1n) is 11.0. The van der Waals surface area contributed by atoms with Crippen molar-refractivity contribution < 1.29 is 22.8 Å². The molecule has 0 aliphatic heterocycles. The van der Waals surface area contributed by atoms with Gasteiger partial charge >= 0.3 is 6.18 Å². The highest BCUT2D eigenvalue weighted by atomic mass is 19.4. The fourth-order valence-corrected chi connectivity index (χ4v) is 4.30. The van der Waals surface area contributed by atoms with Gasteiger partial charge in [0.1, 0.15) is 5.52 Å². The number of nitrogens with one attached hydrogen (secondary N) is 2. The molecule has 4 rings (SSSR count). The summed E-state index contributed by atoms with van der Waals surface area (Å²) in [6.07, 6.45) is 2.01. The van der Waals surface area contributed by atoms with E-state index in [2.05, 4.69) is 15.6 Å². The van der Waals surface area contributed by atoms with Crippen LogP contribution in [0.1, 0.15) is 65.3 Å². The molecule has 1 saturated carbocycles. The van der Waals surface area contributed by atoms with Gasteiger partial charge in [-0.3, -0.25) is 9.59 Å².